The van der Waals surface area contributed by atoms with E-state index < -0.39 is 0 Å². The third-order valence-corrected chi connectivity index (χ3v) is 3.60. The fourth-order valence-electron chi connectivity index (χ4n) is 2.32. The van der Waals surface area contributed by atoms with Crippen LogP contribution in [0, 0.1) is 0 Å². The summed E-state index contributed by atoms with van der Waals surface area (Å²) in [6.45, 7) is 6.55. The summed E-state index contributed by atoms with van der Waals surface area (Å²) in [6.07, 6.45) is 1.03. The van der Waals surface area contributed by atoms with Crippen LogP contribution in [0.3, 0.4) is 0 Å². The number of aryl methyl sites for hydroxylation is 1. The second-order valence-corrected chi connectivity index (χ2v) is 5.30. The van der Waals surface area contributed by atoms with Gasteiger partial charge in [0.05, 0.1) is 22.1 Å². The molecule has 0 saturated heterocycles. The molecule has 0 radical (unpaired) electrons. The molecule has 0 unspecified atom stereocenters. The van der Waals surface area contributed by atoms with E-state index in [1.54, 1.807) is 0 Å². The minimum absolute atomic E-state index is 0.518. The van der Waals surface area contributed by atoms with Gasteiger partial charge < -0.3 is 0 Å². The molecule has 2 heteroatoms. The van der Waals surface area contributed by atoms with E-state index in [0.717, 1.165) is 28.5 Å². The molecule has 3 aromatic rings. The van der Waals surface area contributed by atoms with E-state index in [4.69, 9.17) is 9.97 Å². The molecule has 1 heterocycles. The Balaban J connectivity index is 2.25. The summed E-state index contributed by atoms with van der Waals surface area (Å²) < 4.78 is 0. The van der Waals surface area contributed by atoms with Crippen molar-refractivity contribution in [3.63, 3.8) is 0 Å². The van der Waals surface area contributed by atoms with Gasteiger partial charge in [0.1, 0.15) is 0 Å². The van der Waals surface area contributed by atoms with Gasteiger partial charge in [-0.05, 0) is 47.7 Å². The second kappa shape index (κ2) is 4.61. The number of hydrogen-bond acceptors (Lipinski definition) is 2. The molecule has 0 spiro atoms. The fraction of sp³-hybridized carbons (Fsp3) is 0.294. The third-order valence-electron chi connectivity index (χ3n) is 3.60. The standard InChI is InChI=1S/C17H18N2/c1-4-12-5-7-14-16(9-12)18-15-8-6-13(11(2)3)10-17(15)19-14/h5-11H,4H2,1-3H3. The van der Waals surface area contributed by atoms with E-state index in [0.29, 0.717) is 5.92 Å². The highest BCUT2D eigenvalue weighted by molar-refractivity contribution is 5.86. The number of hydrogen-bond donors (Lipinski definition) is 0. The molecule has 96 valence electrons. The van der Waals surface area contributed by atoms with Crippen molar-refractivity contribution in [3.8, 4) is 0 Å². The number of benzene rings is 2. The predicted octanol–water partition coefficient (Wildman–Crippen LogP) is 4.47. The van der Waals surface area contributed by atoms with Crippen LogP contribution in [-0.2, 0) is 6.42 Å². The van der Waals surface area contributed by atoms with E-state index >= 15 is 0 Å². The minimum Gasteiger partial charge on any atom is -0.244 e. The van der Waals surface area contributed by atoms with Crippen molar-refractivity contribution in [2.75, 3.05) is 0 Å². The predicted molar refractivity (Wildman–Crippen MR) is 80.5 cm³/mol. The largest absolute Gasteiger partial charge is 0.244 e. The summed E-state index contributed by atoms with van der Waals surface area (Å²) in [7, 11) is 0. The molecule has 0 saturated carbocycles. The van der Waals surface area contributed by atoms with Crippen molar-refractivity contribution in [2.45, 2.75) is 33.1 Å². The number of rotatable bonds is 2. The molecule has 0 fully saturated rings. The zero-order valence-corrected chi connectivity index (χ0v) is 11.6. The van der Waals surface area contributed by atoms with Crippen LogP contribution >= 0.6 is 0 Å². The van der Waals surface area contributed by atoms with Crippen LogP contribution < -0.4 is 0 Å². The summed E-state index contributed by atoms with van der Waals surface area (Å²) in [5, 5.41) is 0. The number of aromatic nitrogens is 2. The first-order valence-electron chi connectivity index (χ1n) is 6.87. The quantitative estimate of drug-likeness (QED) is 0.627. The SMILES string of the molecule is CCc1ccc2nc3cc(C(C)C)ccc3nc2c1. The topological polar surface area (TPSA) is 25.8 Å². The maximum absolute atomic E-state index is 4.73. The Kier molecular flexibility index (Phi) is 2.94. The first kappa shape index (κ1) is 12.1. The lowest BCUT2D eigenvalue weighted by molar-refractivity contribution is 0.868. The Morgan fingerprint density at radius 2 is 1.47 bits per heavy atom. The number of fused-ring (bicyclic) bond motifs is 2. The summed E-state index contributed by atoms with van der Waals surface area (Å²) in [5.41, 5.74) is 6.55. The highest BCUT2D eigenvalue weighted by Gasteiger charge is 2.05. The maximum atomic E-state index is 4.73. The number of nitrogens with zero attached hydrogens (tertiary/aromatic N) is 2. The highest BCUT2D eigenvalue weighted by atomic mass is 14.8. The molecule has 0 aliphatic carbocycles. The molecule has 0 amide bonds. The van der Waals surface area contributed by atoms with Crippen molar-refractivity contribution in [1.29, 1.82) is 0 Å². The minimum atomic E-state index is 0.518. The van der Waals surface area contributed by atoms with Crippen LogP contribution in [0.1, 0.15) is 37.8 Å². The van der Waals surface area contributed by atoms with Crippen molar-refractivity contribution >= 4 is 22.1 Å². The Morgan fingerprint density at radius 3 is 2.11 bits per heavy atom. The van der Waals surface area contributed by atoms with Crippen molar-refractivity contribution in [2.24, 2.45) is 0 Å². The normalized spacial score (nSPS) is 11.6. The molecule has 0 aliphatic rings. The van der Waals surface area contributed by atoms with Crippen molar-refractivity contribution in [1.82, 2.24) is 9.97 Å². The van der Waals surface area contributed by atoms with E-state index in [9.17, 15) is 0 Å². The third kappa shape index (κ3) is 2.19. The Bertz CT molecular complexity index is 745. The molecule has 0 N–H and O–H groups in total. The molecule has 2 nitrogen and oxygen atoms in total. The second-order valence-electron chi connectivity index (χ2n) is 5.30. The van der Waals surface area contributed by atoms with Crippen LogP contribution in [-0.4, -0.2) is 9.97 Å². The van der Waals surface area contributed by atoms with Gasteiger partial charge in [0.15, 0.2) is 0 Å². The van der Waals surface area contributed by atoms with Crippen LogP contribution in [0.2, 0.25) is 0 Å². The van der Waals surface area contributed by atoms with Gasteiger partial charge in [0.25, 0.3) is 0 Å². The monoisotopic (exact) mass is 250 g/mol. The summed E-state index contributed by atoms with van der Waals surface area (Å²) in [6, 6.07) is 12.7. The highest BCUT2D eigenvalue weighted by Crippen LogP contribution is 2.22. The molecule has 3 rings (SSSR count). The summed E-state index contributed by atoms with van der Waals surface area (Å²) >= 11 is 0. The van der Waals surface area contributed by atoms with Gasteiger partial charge in [0.2, 0.25) is 0 Å². The van der Waals surface area contributed by atoms with E-state index in [-0.39, 0.29) is 0 Å². The van der Waals surface area contributed by atoms with Crippen molar-refractivity contribution in [3.05, 3.63) is 47.5 Å². The Hall–Kier alpha value is -1.96. The van der Waals surface area contributed by atoms with Gasteiger partial charge in [-0.25, -0.2) is 9.97 Å². The van der Waals surface area contributed by atoms with Crippen LogP contribution in [0.25, 0.3) is 22.1 Å². The first-order chi connectivity index (χ1) is 9.17. The lowest BCUT2D eigenvalue weighted by Crippen LogP contribution is -1.92. The van der Waals surface area contributed by atoms with Crippen molar-refractivity contribution < 1.29 is 0 Å². The van der Waals surface area contributed by atoms with E-state index in [2.05, 4.69) is 57.2 Å². The zero-order chi connectivity index (χ0) is 13.4. The zero-order valence-electron chi connectivity index (χ0n) is 11.6. The maximum Gasteiger partial charge on any atom is 0.0897 e. The van der Waals surface area contributed by atoms with Gasteiger partial charge in [-0.1, -0.05) is 32.9 Å². The molecule has 0 atom stereocenters. The molecular formula is C17H18N2. The van der Waals surface area contributed by atoms with E-state index in [1.165, 1.54) is 11.1 Å². The van der Waals surface area contributed by atoms with E-state index in [1.807, 2.05) is 0 Å². The van der Waals surface area contributed by atoms with Gasteiger partial charge in [0, 0.05) is 0 Å². The van der Waals surface area contributed by atoms with Gasteiger partial charge in [-0.2, -0.15) is 0 Å². The average molecular weight is 250 g/mol. The van der Waals surface area contributed by atoms with Crippen LogP contribution in [0.5, 0.6) is 0 Å². The summed E-state index contributed by atoms with van der Waals surface area (Å²) in [5.74, 6) is 0.518. The molecule has 19 heavy (non-hydrogen) atoms. The first-order valence-corrected chi connectivity index (χ1v) is 6.87. The van der Waals surface area contributed by atoms with Gasteiger partial charge in [-0.15, -0.1) is 0 Å². The molecular weight excluding hydrogens is 232 g/mol. The molecule has 0 aliphatic heterocycles. The Morgan fingerprint density at radius 1 is 0.842 bits per heavy atom. The van der Waals surface area contributed by atoms with Gasteiger partial charge in [-0.3, -0.25) is 0 Å². The lowest BCUT2D eigenvalue weighted by Gasteiger charge is -2.07. The smallest absolute Gasteiger partial charge is 0.0897 e. The summed E-state index contributed by atoms with van der Waals surface area (Å²) in [4.78, 5) is 9.46. The fourth-order valence-corrected chi connectivity index (χ4v) is 2.32. The van der Waals surface area contributed by atoms with Gasteiger partial charge >= 0.3 is 0 Å². The molecule has 0 bridgehead atoms. The lowest BCUT2D eigenvalue weighted by atomic mass is 10.0. The van der Waals surface area contributed by atoms with Crippen LogP contribution in [0.4, 0.5) is 0 Å². The Labute approximate surface area is 113 Å². The molecule has 1 aromatic heterocycles. The van der Waals surface area contributed by atoms with Crippen LogP contribution in [0.15, 0.2) is 36.4 Å². The average Bonchev–Trinajstić information content (AvgIpc) is 2.43. The molecule has 2 aromatic carbocycles.